The van der Waals surface area contributed by atoms with E-state index >= 15 is 0 Å². The van der Waals surface area contributed by atoms with Crippen LogP contribution in [-0.2, 0) is 30.4 Å². The van der Waals surface area contributed by atoms with E-state index in [0.29, 0.717) is 52.2 Å². The summed E-state index contributed by atoms with van der Waals surface area (Å²) in [5.41, 5.74) is 0.746. The second kappa shape index (κ2) is 8.08. The van der Waals surface area contributed by atoms with Crippen molar-refractivity contribution in [2.75, 3.05) is 45.9 Å². The Hall–Kier alpha value is -2.52. The SMILES string of the molecule is O=C(CN1CCN(Cc2ccc(F)cc2)C(=O)C1=O)N1CCC2(CC1)OCCO2. The molecule has 0 bridgehead atoms. The fraction of sp³-hybridized carbons (Fsp3) is 0.550. The molecule has 3 aliphatic heterocycles. The monoisotopic (exact) mass is 405 g/mol. The van der Waals surface area contributed by atoms with Crippen LogP contribution in [-0.4, -0.2) is 84.1 Å². The average Bonchev–Trinajstić information content (AvgIpc) is 3.17. The molecule has 3 amide bonds. The Morgan fingerprint density at radius 2 is 1.52 bits per heavy atom. The minimum absolute atomic E-state index is 0.107. The minimum Gasteiger partial charge on any atom is -0.347 e. The first kappa shape index (κ1) is 19.8. The molecule has 0 unspecified atom stereocenters. The number of hydrogen-bond donors (Lipinski definition) is 0. The lowest BCUT2D eigenvalue weighted by molar-refractivity contribution is -0.188. The molecule has 0 N–H and O–H groups in total. The lowest BCUT2D eigenvalue weighted by atomic mass is 10.0. The molecule has 0 aromatic heterocycles. The van der Waals surface area contributed by atoms with E-state index in [1.165, 1.54) is 21.9 Å². The van der Waals surface area contributed by atoms with Crippen LogP contribution in [0.25, 0.3) is 0 Å². The zero-order valence-electron chi connectivity index (χ0n) is 16.1. The number of carbonyl (C=O) groups excluding carboxylic acids is 3. The smallest absolute Gasteiger partial charge is 0.312 e. The maximum atomic E-state index is 13.0. The highest BCUT2D eigenvalue weighted by Gasteiger charge is 2.41. The van der Waals surface area contributed by atoms with E-state index in [1.54, 1.807) is 17.0 Å². The van der Waals surface area contributed by atoms with Crippen LogP contribution in [0.15, 0.2) is 24.3 Å². The van der Waals surface area contributed by atoms with E-state index < -0.39 is 17.6 Å². The Kier molecular flexibility index (Phi) is 5.51. The second-order valence-electron chi connectivity index (χ2n) is 7.57. The van der Waals surface area contributed by atoms with Gasteiger partial charge in [-0.25, -0.2) is 4.39 Å². The molecule has 29 heavy (non-hydrogen) atoms. The second-order valence-corrected chi connectivity index (χ2v) is 7.57. The molecule has 1 aromatic rings. The molecular formula is C20H24FN3O5. The van der Waals surface area contributed by atoms with Crippen LogP contribution in [0.1, 0.15) is 18.4 Å². The van der Waals surface area contributed by atoms with Crippen molar-refractivity contribution in [1.29, 1.82) is 0 Å². The highest BCUT2D eigenvalue weighted by atomic mass is 19.1. The Morgan fingerprint density at radius 1 is 0.931 bits per heavy atom. The molecular weight excluding hydrogens is 381 g/mol. The summed E-state index contributed by atoms with van der Waals surface area (Å²) in [6, 6.07) is 5.82. The third kappa shape index (κ3) is 4.25. The molecule has 0 aliphatic carbocycles. The number of likely N-dealkylation sites (tertiary alicyclic amines) is 1. The Bertz CT molecular complexity index is 784. The van der Waals surface area contributed by atoms with Gasteiger partial charge in [-0.1, -0.05) is 12.1 Å². The molecule has 9 heteroatoms. The number of rotatable bonds is 4. The number of ether oxygens (including phenoxy) is 2. The van der Waals surface area contributed by atoms with Crippen molar-refractivity contribution in [2.45, 2.75) is 25.2 Å². The van der Waals surface area contributed by atoms with Crippen molar-refractivity contribution < 1.29 is 28.2 Å². The highest BCUT2D eigenvalue weighted by Crippen LogP contribution is 2.31. The van der Waals surface area contributed by atoms with Crippen molar-refractivity contribution in [1.82, 2.24) is 14.7 Å². The molecule has 156 valence electrons. The van der Waals surface area contributed by atoms with Crippen LogP contribution >= 0.6 is 0 Å². The summed E-state index contributed by atoms with van der Waals surface area (Å²) in [6.45, 7) is 2.92. The molecule has 3 aliphatic rings. The van der Waals surface area contributed by atoms with E-state index in [4.69, 9.17) is 9.47 Å². The number of amides is 3. The largest absolute Gasteiger partial charge is 0.347 e. The third-order valence-electron chi connectivity index (χ3n) is 5.70. The van der Waals surface area contributed by atoms with Crippen LogP contribution in [0.4, 0.5) is 4.39 Å². The van der Waals surface area contributed by atoms with Crippen LogP contribution in [0.3, 0.4) is 0 Å². The number of halogens is 1. The normalized spacial score (nSPS) is 21.9. The van der Waals surface area contributed by atoms with Crippen molar-refractivity contribution in [3.8, 4) is 0 Å². The standard InChI is InChI=1S/C20H24FN3O5/c21-16-3-1-15(2-4-16)13-23-9-10-24(19(27)18(23)26)14-17(25)22-7-5-20(6-8-22)28-11-12-29-20/h1-4H,5-14H2. The molecule has 4 rings (SSSR count). The molecule has 1 spiro atoms. The van der Waals surface area contributed by atoms with Gasteiger partial charge in [0.15, 0.2) is 5.79 Å². The predicted molar refractivity (Wildman–Crippen MR) is 98.8 cm³/mol. The fourth-order valence-electron chi connectivity index (χ4n) is 3.97. The van der Waals surface area contributed by atoms with E-state index in [1.807, 2.05) is 0 Å². The summed E-state index contributed by atoms with van der Waals surface area (Å²) in [4.78, 5) is 41.9. The van der Waals surface area contributed by atoms with E-state index in [9.17, 15) is 18.8 Å². The summed E-state index contributed by atoms with van der Waals surface area (Å²) < 4.78 is 24.3. The van der Waals surface area contributed by atoms with Crippen molar-refractivity contribution >= 4 is 17.7 Å². The minimum atomic E-state index is -0.678. The number of piperazine rings is 1. The topological polar surface area (TPSA) is 79.4 Å². The number of benzene rings is 1. The van der Waals surface area contributed by atoms with Crippen LogP contribution in [0, 0.1) is 5.82 Å². The summed E-state index contributed by atoms with van der Waals surface area (Å²) in [7, 11) is 0. The molecule has 1 aromatic carbocycles. The molecule has 3 saturated heterocycles. The number of hydrogen-bond acceptors (Lipinski definition) is 5. The fourth-order valence-corrected chi connectivity index (χ4v) is 3.97. The van der Waals surface area contributed by atoms with Gasteiger partial charge in [-0.15, -0.1) is 0 Å². The van der Waals surface area contributed by atoms with E-state index in [2.05, 4.69) is 0 Å². The molecule has 0 radical (unpaired) electrons. The quantitative estimate of drug-likeness (QED) is 0.676. The molecule has 0 saturated carbocycles. The first-order valence-electron chi connectivity index (χ1n) is 9.84. The Morgan fingerprint density at radius 3 is 2.17 bits per heavy atom. The Balaban J connectivity index is 1.29. The molecule has 3 fully saturated rings. The maximum Gasteiger partial charge on any atom is 0.312 e. The van der Waals surface area contributed by atoms with Gasteiger partial charge >= 0.3 is 11.8 Å². The Labute approximate surface area is 168 Å². The van der Waals surface area contributed by atoms with Crippen LogP contribution in [0.5, 0.6) is 0 Å². The first-order valence-corrected chi connectivity index (χ1v) is 9.84. The van der Waals surface area contributed by atoms with Gasteiger partial charge in [-0.2, -0.15) is 0 Å². The molecule has 0 atom stereocenters. The van der Waals surface area contributed by atoms with Crippen LogP contribution in [0.2, 0.25) is 0 Å². The van der Waals surface area contributed by atoms with E-state index in [-0.39, 0.29) is 24.8 Å². The molecule has 8 nitrogen and oxygen atoms in total. The lowest BCUT2D eigenvalue weighted by Crippen LogP contribution is -2.57. The average molecular weight is 405 g/mol. The number of carbonyl (C=O) groups is 3. The molecule has 3 heterocycles. The van der Waals surface area contributed by atoms with Crippen LogP contribution < -0.4 is 0 Å². The summed E-state index contributed by atoms with van der Waals surface area (Å²) in [5.74, 6) is -2.41. The number of piperidine rings is 1. The van der Waals surface area contributed by atoms with Crippen molar-refractivity contribution in [2.24, 2.45) is 0 Å². The van der Waals surface area contributed by atoms with Gasteiger partial charge in [0.1, 0.15) is 12.4 Å². The van der Waals surface area contributed by atoms with Crippen molar-refractivity contribution in [3.63, 3.8) is 0 Å². The van der Waals surface area contributed by atoms with Gasteiger partial charge in [-0.05, 0) is 17.7 Å². The summed E-state index contributed by atoms with van der Waals surface area (Å²) in [6.07, 6.45) is 1.22. The van der Waals surface area contributed by atoms with Gasteiger partial charge in [0.25, 0.3) is 0 Å². The maximum absolute atomic E-state index is 13.0. The van der Waals surface area contributed by atoms with Gasteiger partial charge in [0.2, 0.25) is 5.91 Å². The van der Waals surface area contributed by atoms with Gasteiger partial charge in [0, 0.05) is 45.6 Å². The van der Waals surface area contributed by atoms with Gasteiger partial charge in [-0.3, -0.25) is 14.4 Å². The zero-order chi connectivity index (χ0) is 20.4. The van der Waals surface area contributed by atoms with Gasteiger partial charge < -0.3 is 24.2 Å². The predicted octanol–water partition coefficient (Wildman–Crippen LogP) is 0.362. The van der Waals surface area contributed by atoms with E-state index in [0.717, 1.165) is 5.56 Å². The highest BCUT2D eigenvalue weighted by molar-refractivity contribution is 6.35. The van der Waals surface area contributed by atoms with Gasteiger partial charge in [0.05, 0.1) is 13.2 Å². The zero-order valence-corrected chi connectivity index (χ0v) is 16.1. The number of nitrogens with zero attached hydrogens (tertiary/aromatic N) is 3. The van der Waals surface area contributed by atoms with Crippen molar-refractivity contribution in [3.05, 3.63) is 35.6 Å². The first-order chi connectivity index (χ1) is 14.0. The summed E-state index contributed by atoms with van der Waals surface area (Å²) >= 11 is 0. The third-order valence-corrected chi connectivity index (χ3v) is 5.70. The summed E-state index contributed by atoms with van der Waals surface area (Å²) in [5, 5.41) is 0. The lowest BCUT2D eigenvalue weighted by Gasteiger charge is -2.39.